The van der Waals surface area contributed by atoms with Gasteiger partial charge >= 0.3 is 0 Å². The zero-order valence-electron chi connectivity index (χ0n) is 5.81. The summed E-state index contributed by atoms with van der Waals surface area (Å²) in [5, 5.41) is 5.14. The van der Waals surface area contributed by atoms with Gasteiger partial charge in [0.25, 0.3) is 0 Å². The maximum atomic E-state index is 10.8. The van der Waals surface area contributed by atoms with Crippen molar-refractivity contribution in [1.29, 1.82) is 0 Å². The van der Waals surface area contributed by atoms with Crippen LogP contribution in [0.5, 0.6) is 0 Å². The lowest BCUT2D eigenvalue weighted by molar-refractivity contribution is -0.126. The summed E-state index contributed by atoms with van der Waals surface area (Å²) in [5.74, 6) is -0.170. The summed E-state index contributed by atoms with van der Waals surface area (Å²) in [5.41, 5.74) is 0. The quantitative estimate of drug-likeness (QED) is 0.456. The summed E-state index contributed by atoms with van der Waals surface area (Å²) in [4.78, 5) is 21.6. The first kappa shape index (κ1) is 7.05. The zero-order chi connectivity index (χ0) is 7.56. The van der Waals surface area contributed by atoms with Gasteiger partial charge in [-0.3, -0.25) is 9.59 Å². The Morgan fingerprint density at radius 2 is 2.20 bits per heavy atom. The molecular formula is C6H10N2O2. The molecule has 0 radical (unpaired) electrons. The third-order valence-electron chi connectivity index (χ3n) is 1.42. The number of nitrogens with one attached hydrogen (secondary N) is 2. The molecule has 0 unspecified atom stereocenters. The fourth-order valence-electron chi connectivity index (χ4n) is 0.832. The summed E-state index contributed by atoms with van der Waals surface area (Å²) >= 11 is 0. The lowest BCUT2D eigenvalue weighted by Crippen LogP contribution is -2.40. The zero-order valence-corrected chi connectivity index (χ0v) is 5.81. The standard InChI is InChI=1S/C6H10N2O2/c1-4-6(10)7-3-2-5(9)8-4/h4H,2-3H2,1H3,(H,7,10)(H,8,9)/t4-/m0/s1. The average molecular weight is 142 g/mol. The molecule has 1 saturated heterocycles. The number of carbonyl (C=O) groups excluding carboxylic acids is 2. The van der Waals surface area contributed by atoms with Crippen LogP contribution in [0.15, 0.2) is 0 Å². The van der Waals surface area contributed by atoms with Gasteiger partial charge in [-0.05, 0) is 6.92 Å². The highest BCUT2D eigenvalue weighted by molar-refractivity contribution is 5.89. The van der Waals surface area contributed by atoms with Crippen LogP contribution in [0.3, 0.4) is 0 Å². The van der Waals surface area contributed by atoms with Gasteiger partial charge in [-0.2, -0.15) is 0 Å². The first-order valence-corrected chi connectivity index (χ1v) is 3.27. The highest BCUT2D eigenvalue weighted by Gasteiger charge is 2.18. The van der Waals surface area contributed by atoms with Gasteiger partial charge in [0.15, 0.2) is 0 Å². The van der Waals surface area contributed by atoms with Crippen LogP contribution in [-0.4, -0.2) is 24.4 Å². The van der Waals surface area contributed by atoms with Gasteiger partial charge in [0.05, 0.1) is 0 Å². The topological polar surface area (TPSA) is 58.2 Å². The number of carbonyl (C=O) groups is 2. The van der Waals surface area contributed by atoms with Gasteiger partial charge in [-0.25, -0.2) is 0 Å². The SMILES string of the molecule is C[C@@H]1NC(=O)CCNC1=O. The number of amides is 2. The van der Waals surface area contributed by atoms with Crippen molar-refractivity contribution in [3.8, 4) is 0 Å². The highest BCUT2D eigenvalue weighted by atomic mass is 16.2. The summed E-state index contributed by atoms with van der Waals surface area (Å²) in [6.45, 7) is 2.12. The Balaban J connectivity index is 2.57. The predicted molar refractivity (Wildman–Crippen MR) is 35.2 cm³/mol. The molecule has 0 aliphatic carbocycles. The van der Waals surface area contributed by atoms with Crippen LogP contribution in [0, 0.1) is 0 Å². The highest BCUT2D eigenvalue weighted by Crippen LogP contribution is 1.89. The Morgan fingerprint density at radius 1 is 1.50 bits per heavy atom. The molecule has 56 valence electrons. The van der Waals surface area contributed by atoms with Crippen molar-refractivity contribution in [1.82, 2.24) is 10.6 Å². The Kier molecular flexibility index (Phi) is 1.89. The van der Waals surface area contributed by atoms with E-state index in [0.717, 1.165) is 0 Å². The average Bonchev–Trinajstić information content (AvgIpc) is 1.96. The van der Waals surface area contributed by atoms with Crippen molar-refractivity contribution < 1.29 is 9.59 Å². The van der Waals surface area contributed by atoms with Crippen molar-refractivity contribution >= 4 is 11.8 Å². The van der Waals surface area contributed by atoms with Crippen LogP contribution in [-0.2, 0) is 9.59 Å². The van der Waals surface area contributed by atoms with E-state index in [1.165, 1.54) is 0 Å². The maximum absolute atomic E-state index is 10.8. The van der Waals surface area contributed by atoms with Crippen molar-refractivity contribution in [3.63, 3.8) is 0 Å². The fourth-order valence-corrected chi connectivity index (χ4v) is 0.832. The van der Waals surface area contributed by atoms with Gasteiger partial charge < -0.3 is 10.6 Å². The van der Waals surface area contributed by atoms with Gasteiger partial charge in [0.1, 0.15) is 6.04 Å². The minimum atomic E-state index is -0.380. The minimum absolute atomic E-state index is 0.0640. The molecule has 1 rings (SSSR count). The molecule has 10 heavy (non-hydrogen) atoms. The first-order valence-electron chi connectivity index (χ1n) is 3.27. The van der Waals surface area contributed by atoms with Gasteiger partial charge in [-0.1, -0.05) is 0 Å². The third-order valence-corrected chi connectivity index (χ3v) is 1.42. The lowest BCUT2D eigenvalue weighted by Gasteiger charge is -2.06. The van der Waals surface area contributed by atoms with Crippen LogP contribution in [0.1, 0.15) is 13.3 Å². The van der Waals surface area contributed by atoms with Gasteiger partial charge in [0.2, 0.25) is 11.8 Å². The molecular weight excluding hydrogens is 132 g/mol. The molecule has 0 aromatic rings. The molecule has 1 fully saturated rings. The summed E-state index contributed by atoms with van der Waals surface area (Å²) in [7, 11) is 0. The van der Waals surface area contributed by atoms with E-state index in [4.69, 9.17) is 0 Å². The van der Waals surface area contributed by atoms with E-state index < -0.39 is 0 Å². The second kappa shape index (κ2) is 2.68. The number of hydrogen-bond acceptors (Lipinski definition) is 2. The molecule has 1 aliphatic rings. The summed E-state index contributed by atoms with van der Waals surface area (Å²) < 4.78 is 0. The monoisotopic (exact) mass is 142 g/mol. The smallest absolute Gasteiger partial charge is 0.242 e. The first-order chi connectivity index (χ1) is 4.70. The molecule has 2 amide bonds. The molecule has 1 aliphatic heterocycles. The van der Waals surface area contributed by atoms with E-state index in [1.54, 1.807) is 6.92 Å². The van der Waals surface area contributed by atoms with E-state index in [-0.39, 0.29) is 17.9 Å². The Hall–Kier alpha value is -1.06. The Bertz CT molecular complexity index is 167. The van der Waals surface area contributed by atoms with Crippen LogP contribution in [0.25, 0.3) is 0 Å². The predicted octanol–water partition coefficient (Wildman–Crippen LogP) is -0.989. The second-order valence-corrected chi connectivity index (χ2v) is 2.33. The molecule has 2 N–H and O–H groups in total. The van der Waals surface area contributed by atoms with E-state index in [2.05, 4.69) is 10.6 Å². The molecule has 4 nitrogen and oxygen atoms in total. The summed E-state index contributed by atoms with van der Waals surface area (Å²) in [6.07, 6.45) is 0.385. The molecule has 0 aromatic heterocycles. The van der Waals surface area contributed by atoms with Gasteiger partial charge in [0, 0.05) is 13.0 Å². The van der Waals surface area contributed by atoms with E-state index in [0.29, 0.717) is 13.0 Å². The van der Waals surface area contributed by atoms with Crippen LogP contribution in [0.4, 0.5) is 0 Å². The van der Waals surface area contributed by atoms with E-state index >= 15 is 0 Å². The van der Waals surface area contributed by atoms with Crippen LogP contribution in [0.2, 0.25) is 0 Å². The lowest BCUT2D eigenvalue weighted by atomic mass is 10.3. The normalized spacial score (nSPS) is 26.7. The van der Waals surface area contributed by atoms with E-state index in [1.807, 2.05) is 0 Å². The van der Waals surface area contributed by atoms with Crippen molar-refractivity contribution in [2.75, 3.05) is 6.54 Å². The largest absolute Gasteiger partial charge is 0.354 e. The molecule has 0 spiro atoms. The molecule has 0 saturated carbocycles. The third kappa shape index (κ3) is 1.46. The number of rotatable bonds is 0. The molecule has 0 aromatic carbocycles. The Labute approximate surface area is 59.0 Å². The molecule has 4 heteroatoms. The maximum Gasteiger partial charge on any atom is 0.242 e. The van der Waals surface area contributed by atoms with Crippen molar-refractivity contribution in [3.05, 3.63) is 0 Å². The number of hydrogen-bond donors (Lipinski definition) is 2. The van der Waals surface area contributed by atoms with E-state index in [9.17, 15) is 9.59 Å². The minimum Gasteiger partial charge on any atom is -0.354 e. The van der Waals surface area contributed by atoms with Gasteiger partial charge in [-0.15, -0.1) is 0 Å². The molecule has 0 bridgehead atoms. The van der Waals surface area contributed by atoms with Crippen LogP contribution >= 0.6 is 0 Å². The molecule has 1 heterocycles. The fraction of sp³-hybridized carbons (Fsp3) is 0.667. The van der Waals surface area contributed by atoms with Crippen LogP contribution < -0.4 is 10.6 Å². The second-order valence-electron chi connectivity index (χ2n) is 2.33. The van der Waals surface area contributed by atoms with Crippen molar-refractivity contribution in [2.45, 2.75) is 19.4 Å². The molecule has 1 atom stereocenters. The Morgan fingerprint density at radius 3 is 2.90 bits per heavy atom. The van der Waals surface area contributed by atoms with Crippen molar-refractivity contribution in [2.24, 2.45) is 0 Å². The summed E-state index contributed by atoms with van der Waals surface area (Å²) in [6, 6.07) is -0.380.